The highest BCUT2D eigenvalue weighted by molar-refractivity contribution is 6.01. The first-order valence-electron chi connectivity index (χ1n) is 11.7. The molecule has 1 atom stereocenters. The minimum absolute atomic E-state index is 0.260. The fourth-order valence-corrected chi connectivity index (χ4v) is 4.27. The first-order chi connectivity index (χ1) is 17.6. The molecule has 0 bridgehead atoms. The van der Waals surface area contributed by atoms with Crippen molar-refractivity contribution in [3.63, 3.8) is 0 Å². The smallest absolute Gasteiger partial charge is 0.326 e. The molecule has 8 heteroatoms. The molecule has 1 aromatic heterocycles. The lowest BCUT2D eigenvalue weighted by atomic mass is 9.94. The molecular formula is C28H26N4O4. The molecule has 1 N–H and O–H groups in total. The Bertz CT molecular complexity index is 1380. The molecule has 0 spiro atoms. The number of aromatic nitrogens is 2. The van der Waals surface area contributed by atoms with Crippen molar-refractivity contribution in [1.82, 2.24) is 15.5 Å². The largest absolute Gasteiger partial charge is 0.497 e. The minimum atomic E-state index is -0.494. The van der Waals surface area contributed by atoms with Gasteiger partial charge in [0.25, 0.3) is 5.89 Å². The number of nitrogens with one attached hydrogen (secondary N) is 1. The molecule has 2 amide bonds. The number of carbonyl (C=O) groups excluding carboxylic acids is 1. The Kier molecular flexibility index (Phi) is 6.40. The van der Waals surface area contributed by atoms with E-state index in [1.54, 1.807) is 12.0 Å². The number of nitrogens with zero attached hydrogens (tertiary/aromatic N) is 3. The van der Waals surface area contributed by atoms with Gasteiger partial charge in [-0.3, -0.25) is 4.90 Å². The molecule has 8 nitrogen and oxygen atoms in total. The molecule has 3 aromatic carbocycles. The van der Waals surface area contributed by atoms with Crippen molar-refractivity contribution in [3.05, 3.63) is 96.0 Å². The summed E-state index contributed by atoms with van der Waals surface area (Å²) >= 11 is 0. The molecule has 4 aromatic rings. The van der Waals surface area contributed by atoms with Crippen LogP contribution in [0, 0.1) is 0 Å². The van der Waals surface area contributed by atoms with Crippen LogP contribution < -0.4 is 19.7 Å². The third kappa shape index (κ3) is 4.40. The molecule has 182 valence electrons. The van der Waals surface area contributed by atoms with Crippen LogP contribution >= 0.6 is 0 Å². The highest BCUT2D eigenvalue weighted by Gasteiger charge is 2.36. The lowest BCUT2D eigenvalue weighted by Crippen LogP contribution is -2.46. The highest BCUT2D eigenvalue weighted by atomic mass is 16.5. The number of hydrogen-bond donors (Lipinski definition) is 1. The van der Waals surface area contributed by atoms with Crippen LogP contribution in [0.3, 0.4) is 0 Å². The van der Waals surface area contributed by atoms with Crippen molar-refractivity contribution in [2.75, 3.05) is 18.6 Å². The zero-order valence-corrected chi connectivity index (χ0v) is 20.3. The van der Waals surface area contributed by atoms with Gasteiger partial charge in [-0.25, -0.2) is 4.79 Å². The summed E-state index contributed by atoms with van der Waals surface area (Å²) in [6.07, 6.45) is 0. The SMILES string of the molecule is CCOc1ccc(N2C(=O)NC(c3ccc(OC)cc3)C(c3nc(-c4ccccc4)no3)=C2C)cc1. The summed E-state index contributed by atoms with van der Waals surface area (Å²) < 4.78 is 16.6. The summed E-state index contributed by atoms with van der Waals surface area (Å²) in [5.74, 6) is 2.27. The van der Waals surface area contributed by atoms with Crippen LogP contribution in [0.2, 0.25) is 0 Å². The van der Waals surface area contributed by atoms with Gasteiger partial charge in [-0.15, -0.1) is 0 Å². The van der Waals surface area contributed by atoms with E-state index in [4.69, 9.17) is 19.0 Å². The average Bonchev–Trinajstić information content (AvgIpc) is 3.40. The molecule has 0 saturated heterocycles. The van der Waals surface area contributed by atoms with E-state index in [-0.39, 0.29) is 6.03 Å². The maximum absolute atomic E-state index is 13.4. The second-order valence-corrected chi connectivity index (χ2v) is 8.21. The number of allylic oxidation sites excluding steroid dienone is 1. The number of urea groups is 1. The van der Waals surface area contributed by atoms with E-state index in [1.807, 2.05) is 92.7 Å². The van der Waals surface area contributed by atoms with E-state index in [0.29, 0.717) is 35.3 Å². The van der Waals surface area contributed by atoms with Crippen molar-refractivity contribution in [1.29, 1.82) is 0 Å². The Balaban J connectivity index is 1.61. The highest BCUT2D eigenvalue weighted by Crippen LogP contribution is 2.39. The van der Waals surface area contributed by atoms with Gasteiger partial charge in [0.1, 0.15) is 11.5 Å². The Morgan fingerprint density at radius 1 is 0.972 bits per heavy atom. The molecule has 1 aliphatic rings. The fourth-order valence-electron chi connectivity index (χ4n) is 4.27. The first-order valence-corrected chi connectivity index (χ1v) is 11.7. The van der Waals surface area contributed by atoms with Crippen molar-refractivity contribution in [3.8, 4) is 22.9 Å². The lowest BCUT2D eigenvalue weighted by molar-refractivity contribution is 0.244. The quantitative estimate of drug-likeness (QED) is 0.356. The Labute approximate surface area is 209 Å². The minimum Gasteiger partial charge on any atom is -0.497 e. The van der Waals surface area contributed by atoms with E-state index in [9.17, 15) is 4.79 Å². The molecule has 1 unspecified atom stereocenters. The topological polar surface area (TPSA) is 89.7 Å². The maximum Gasteiger partial charge on any atom is 0.326 e. The molecule has 0 radical (unpaired) electrons. The third-order valence-corrected chi connectivity index (χ3v) is 6.03. The first kappa shape index (κ1) is 23.2. The van der Waals surface area contributed by atoms with Crippen LogP contribution in [0.1, 0.15) is 31.3 Å². The number of benzene rings is 3. The van der Waals surface area contributed by atoms with Crippen molar-refractivity contribution >= 4 is 17.3 Å². The molecule has 0 saturated carbocycles. The summed E-state index contributed by atoms with van der Waals surface area (Å²) in [5.41, 5.74) is 3.80. The number of rotatable bonds is 7. The lowest BCUT2D eigenvalue weighted by Gasteiger charge is -2.35. The third-order valence-electron chi connectivity index (χ3n) is 6.03. The molecule has 0 fully saturated rings. The molecule has 2 heterocycles. The summed E-state index contributed by atoms with van der Waals surface area (Å²) in [6.45, 7) is 4.38. The monoisotopic (exact) mass is 482 g/mol. The number of ether oxygens (including phenoxy) is 2. The van der Waals surface area contributed by atoms with E-state index in [0.717, 1.165) is 22.6 Å². The molecule has 36 heavy (non-hydrogen) atoms. The number of anilines is 1. The van der Waals surface area contributed by atoms with Gasteiger partial charge >= 0.3 is 6.03 Å². The molecular weight excluding hydrogens is 456 g/mol. The van der Waals surface area contributed by atoms with Gasteiger partial charge in [0.15, 0.2) is 0 Å². The van der Waals surface area contributed by atoms with Gasteiger partial charge in [-0.1, -0.05) is 47.6 Å². The Morgan fingerprint density at radius 3 is 2.33 bits per heavy atom. The van der Waals surface area contributed by atoms with Crippen LogP contribution in [0.25, 0.3) is 17.0 Å². The predicted molar refractivity (Wildman–Crippen MR) is 137 cm³/mol. The average molecular weight is 483 g/mol. The normalized spacial score (nSPS) is 15.6. The van der Waals surface area contributed by atoms with Crippen LogP contribution in [-0.4, -0.2) is 29.9 Å². The Hall–Kier alpha value is -4.59. The van der Waals surface area contributed by atoms with Gasteiger partial charge in [-0.05, 0) is 55.8 Å². The van der Waals surface area contributed by atoms with E-state index in [1.165, 1.54) is 0 Å². The van der Waals surface area contributed by atoms with Crippen molar-refractivity contribution < 1.29 is 18.8 Å². The van der Waals surface area contributed by atoms with Crippen LogP contribution in [0.4, 0.5) is 10.5 Å². The second kappa shape index (κ2) is 9.95. The van der Waals surface area contributed by atoms with Gasteiger partial charge in [-0.2, -0.15) is 4.98 Å². The number of methoxy groups -OCH3 is 1. The van der Waals surface area contributed by atoms with Crippen LogP contribution in [-0.2, 0) is 0 Å². The zero-order chi connectivity index (χ0) is 25.1. The van der Waals surface area contributed by atoms with Gasteiger partial charge in [0.05, 0.1) is 31.0 Å². The van der Waals surface area contributed by atoms with Gasteiger partial charge < -0.3 is 19.3 Å². The fraction of sp³-hybridized carbons (Fsp3) is 0.179. The summed E-state index contributed by atoms with van der Waals surface area (Å²) in [4.78, 5) is 19.7. The second-order valence-electron chi connectivity index (χ2n) is 8.21. The van der Waals surface area contributed by atoms with Gasteiger partial charge in [0.2, 0.25) is 5.82 Å². The molecule has 1 aliphatic heterocycles. The summed E-state index contributed by atoms with van der Waals surface area (Å²) in [7, 11) is 1.62. The van der Waals surface area contributed by atoms with E-state index >= 15 is 0 Å². The standard InChI is InChI=1S/C28H26N4O4/c1-4-35-23-16-12-21(13-17-23)32-18(2)24(27-30-26(31-36-27)20-8-6-5-7-9-20)25(29-28(32)33)19-10-14-22(34-3)15-11-19/h5-17,25H,4H2,1-3H3,(H,29,33). The predicted octanol–water partition coefficient (Wildman–Crippen LogP) is 5.85. The van der Waals surface area contributed by atoms with Crippen molar-refractivity contribution in [2.45, 2.75) is 19.9 Å². The number of hydrogen-bond acceptors (Lipinski definition) is 6. The number of amides is 2. The Morgan fingerprint density at radius 2 is 1.67 bits per heavy atom. The number of carbonyl (C=O) groups is 1. The van der Waals surface area contributed by atoms with Crippen LogP contribution in [0.15, 0.2) is 89.1 Å². The summed E-state index contributed by atoms with van der Waals surface area (Å²) in [6, 6.07) is 23.8. The van der Waals surface area contributed by atoms with E-state index in [2.05, 4.69) is 10.5 Å². The van der Waals surface area contributed by atoms with Crippen molar-refractivity contribution in [2.24, 2.45) is 0 Å². The van der Waals surface area contributed by atoms with Gasteiger partial charge in [0, 0.05) is 11.3 Å². The summed E-state index contributed by atoms with van der Waals surface area (Å²) in [5, 5.41) is 7.33. The maximum atomic E-state index is 13.4. The molecule has 0 aliphatic carbocycles. The molecule has 5 rings (SSSR count). The van der Waals surface area contributed by atoms with Crippen LogP contribution in [0.5, 0.6) is 11.5 Å². The zero-order valence-electron chi connectivity index (χ0n) is 20.3. The van der Waals surface area contributed by atoms with E-state index < -0.39 is 6.04 Å².